The first-order valence-electron chi connectivity index (χ1n) is 8.87. The van der Waals surface area contributed by atoms with Gasteiger partial charge in [-0.25, -0.2) is 4.39 Å². The molecule has 1 heterocycles. The van der Waals surface area contributed by atoms with Crippen LogP contribution in [0.3, 0.4) is 0 Å². The smallest absolute Gasteiger partial charge is 0.222 e. The van der Waals surface area contributed by atoms with Crippen LogP contribution in [0.25, 0.3) is 0 Å². The van der Waals surface area contributed by atoms with E-state index in [-0.39, 0.29) is 18.3 Å². The lowest BCUT2D eigenvalue weighted by Crippen LogP contribution is -2.37. The van der Waals surface area contributed by atoms with Crippen LogP contribution >= 0.6 is 0 Å². The lowest BCUT2D eigenvalue weighted by molar-refractivity contribution is -0.133. The Labute approximate surface area is 144 Å². The Kier molecular flexibility index (Phi) is 7.18. The molecule has 1 amide bonds. The van der Waals surface area contributed by atoms with E-state index in [1.807, 2.05) is 0 Å². The van der Waals surface area contributed by atoms with Crippen LogP contribution in [0.15, 0.2) is 24.3 Å². The van der Waals surface area contributed by atoms with Gasteiger partial charge in [0.25, 0.3) is 0 Å². The largest absolute Gasteiger partial charge is 0.387 e. The second kappa shape index (κ2) is 9.14. The molecule has 2 atom stereocenters. The van der Waals surface area contributed by atoms with Crippen LogP contribution in [0.2, 0.25) is 0 Å². The Morgan fingerprint density at radius 3 is 2.62 bits per heavy atom. The highest BCUT2D eigenvalue weighted by atomic mass is 19.1. The molecular formula is C19H29FN2O2. The molecule has 1 aliphatic heterocycles. The predicted molar refractivity (Wildman–Crippen MR) is 93.0 cm³/mol. The van der Waals surface area contributed by atoms with Crippen LogP contribution in [0.4, 0.5) is 4.39 Å². The van der Waals surface area contributed by atoms with Crippen LogP contribution in [0, 0.1) is 17.7 Å². The van der Waals surface area contributed by atoms with Crippen LogP contribution in [-0.4, -0.2) is 42.1 Å². The van der Waals surface area contributed by atoms with E-state index in [4.69, 9.17) is 0 Å². The fourth-order valence-corrected chi connectivity index (χ4v) is 3.16. The molecule has 4 nitrogen and oxygen atoms in total. The van der Waals surface area contributed by atoms with E-state index in [2.05, 4.69) is 19.2 Å². The summed E-state index contributed by atoms with van der Waals surface area (Å²) in [4.78, 5) is 14.3. The minimum Gasteiger partial charge on any atom is -0.387 e. The van der Waals surface area contributed by atoms with E-state index in [0.29, 0.717) is 30.4 Å². The van der Waals surface area contributed by atoms with E-state index in [9.17, 15) is 14.3 Å². The van der Waals surface area contributed by atoms with Gasteiger partial charge in [0, 0.05) is 13.0 Å². The number of carbonyl (C=O) groups is 1. The highest BCUT2D eigenvalue weighted by Gasteiger charge is 2.22. The maximum atomic E-state index is 13.0. The molecule has 1 fully saturated rings. The summed E-state index contributed by atoms with van der Waals surface area (Å²) in [5, 5.41) is 13.7. The molecule has 1 aromatic carbocycles. The average Bonchev–Trinajstić information content (AvgIpc) is 3.05. The maximum absolute atomic E-state index is 13.0. The van der Waals surface area contributed by atoms with Gasteiger partial charge in [-0.2, -0.15) is 0 Å². The lowest BCUT2D eigenvalue weighted by atomic mass is 10.0. The van der Waals surface area contributed by atoms with Crippen molar-refractivity contribution in [2.24, 2.45) is 11.8 Å². The van der Waals surface area contributed by atoms with Crippen LogP contribution < -0.4 is 5.32 Å². The maximum Gasteiger partial charge on any atom is 0.222 e. The Balaban J connectivity index is 1.92. The zero-order valence-corrected chi connectivity index (χ0v) is 14.7. The first-order valence-corrected chi connectivity index (χ1v) is 8.87. The van der Waals surface area contributed by atoms with Gasteiger partial charge >= 0.3 is 0 Å². The highest BCUT2D eigenvalue weighted by molar-refractivity contribution is 5.76. The van der Waals surface area contributed by atoms with Crippen molar-refractivity contribution in [2.75, 3.05) is 26.2 Å². The third kappa shape index (κ3) is 5.87. The molecule has 0 radical (unpaired) electrons. The van der Waals surface area contributed by atoms with E-state index in [1.165, 1.54) is 12.1 Å². The van der Waals surface area contributed by atoms with Gasteiger partial charge in [0.2, 0.25) is 5.91 Å². The quantitative estimate of drug-likeness (QED) is 0.767. The molecule has 0 aromatic heterocycles. The number of hydrogen-bond acceptors (Lipinski definition) is 3. The van der Waals surface area contributed by atoms with Gasteiger partial charge in [-0.3, -0.25) is 4.79 Å². The van der Waals surface area contributed by atoms with Gasteiger partial charge in [0.1, 0.15) is 5.82 Å². The van der Waals surface area contributed by atoms with Crippen molar-refractivity contribution < 1.29 is 14.3 Å². The number of halogens is 1. The van der Waals surface area contributed by atoms with Crippen molar-refractivity contribution in [1.29, 1.82) is 0 Å². The third-order valence-corrected chi connectivity index (χ3v) is 4.52. The molecule has 1 aliphatic rings. The van der Waals surface area contributed by atoms with Gasteiger partial charge < -0.3 is 15.3 Å². The van der Waals surface area contributed by atoms with E-state index < -0.39 is 6.10 Å². The number of nitrogens with one attached hydrogen (secondary N) is 1. The van der Waals surface area contributed by atoms with Gasteiger partial charge in [0.05, 0.1) is 12.6 Å². The number of carbonyl (C=O) groups excluding carboxylic acids is 1. The van der Waals surface area contributed by atoms with Crippen LogP contribution in [0.5, 0.6) is 0 Å². The highest BCUT2D eigenvalue weighted by Crippen LogP contribution is 2.19. The van der Waals surface area contributed by atoms with Crippen molar-refractivity contribution in [3.05, 3.63) is 35.6 Å². The number of aliphatic hydroxyl groups excluding tert-OH is 1. The van der Waals surface area contributed by atoms with Gasteiger partial charge in [-0.05, 0) is 55.5 Å². The normalized spacial score (nSPS) is 18.8. The van der Waals surface area contributed by atoms with Gasteiger partial charge in [0.15, 0.2) is 0 Å². The molecule has 0 aliphatic carbocycles. The lowest BCUT2D eigenvalue weighted by Gasteiger charge is -2.27. The fourth-order valence-electron chi connectivity index (χ4n) is 3.16. The number of hydrogen-bond donors (Lipinski definition) is 2. The zero-order valence-electron chi connectivity index (χ0n) is 14.7. The number of rotatable bonds is 8. The van der Waals surface area contributed by atoms with Crippen molar-refractivity contribution >= 4 is 5.91 Å². The molecule has 0 bridgehead atoms. The molecular weight excluding hydrogens is 307 g/mol. The predicted octanol–water partition coefficient (Wildman–Crippen LogP) is 2.73. The number of benzene rings is 1. The monoisotopic (exact) mass is 336 g/mol. The van der Waals surface area contributed by atoms with Crippen molar-refractivity contribution in [3.8, 4) is 0 Å². The molecule has 1 aromatic rings. The first-order chi connectivity index (χ1) is 11.5. The fraction of sp³-hybridized carbons (Fsp3) is 0.632. The summed E-state index contributed by atoms with van der Waals surface area (Å²) >= 11 is 0. The van der Waals surface area contributed by atoms with E-state index >= 15 is 0 Å². The molecule has 1 saturated heterocycles. The standard InChI is InChI=1S/C19H29FN2O2/c1-14(2)12-22(19(24)8-3-15-9-10-21-11-15)13-18(23)16-4-6-17(20)7-5-16/h4-7,14-15,18,21,23H,3,8-13H2,1-2H3. The SMILES string of the molecule is CC(C)CN(CC(O)c1ccc(F)cc1)C(=O)CCC1CCNC1. The number of amides is 1. The molecule has 2 rings (SSSR count). The zero-order chi connectivity index (χ0) is 17.5. The van der Waals surface area contributed by atoms with Gasteiger partial charge in [-0.15, -0.1) is 0 Å². The summed E-state index contributed by atoms with van der Waals surface area (Å²) in [6, 6.07) is 5.81. The second-order valence-corrected chi connectivity index (χ2v) is 7.16. The second-order valence-electron chi connectivity index (χ2n) is 7.16. The van der Waals surface area contributed by atoms with E-state index in [0.717, 1.165) is 25.9 Å². The minimum absolute atomic E-state index is 0.0942. The Bertz CT molecular complexity index is 513. The number of aliphatic hydroxyl groups is 1. The average molecular weight is 336 g/mol. The summed E-state index contributed by atoms with van der Waals surface area (Å²) in [6.45, 7) is 7.04. The molecule has 0 saturated carbocycles. The molecule has 24 heavy (non-hydrogen) atoms. The van der Waals surface area contributed by atoms with Crippen molar-refractivity contribution in [3.63, 3.8) is 0 Å². The molecule has 134 valence electrons. The summed E-state index contributed by atoms with van der Waals surface area (Å²) in [7, 11) is 0. The van der Waals surface area contributed by atoms with Crippen LogP contribution in [-0.2, 0) is 4.79 Å². The van der Waals surface area contributed by atoms with E-state index in [1.54, 1.807) is 17.0 Å². The number of nitrogens with zero attached hydrogens (tertiary/aromatic N) is 1. The van der Waals surface area contributed by atoms with Crippen LogP contribution in [0.1, 0.15) is 44.8 Å². The Hall–Kier alpha value is -1.46. The summed E-state index contributed by atoms with van der Waals surface area (Å²) < 4.78 is 13.0. The molecule has 2 unspecified atom stereocenters. The van der Waals surface area contributed by atoms with Gasteiger partial charge in [-0.1, -0.05) is 26.0 Å². The Morgan fingerprint density at radius 1 is 1.33 bits per heavy atom. The third-order valence-electron chi connectivity index (χ3n) is 4.52. The Morgan fingerprint density at radius 2 is 2.04 bits per heavy atom. The van der Waals surface area contributed by atoms with Crippen molar-refractivity contribution in [1.82, 2.24) is 10.2 Å². The minimum atomic E-state index is -0.790. The summed E-state index contributed by atoms with van der Waals surface area (Å²) in [6.07, 6.45) is 1.76. The molecule has 2 N–H and O–H groups in total. The summed E-state index contributed by atoms with van der Waals surface area (Å²) in [5.74, 6) is 0.683. The molecule has 0 spiro atoms. The first kappa shape index (κ1) is 18.9. The topological polar surface area (TPSA) is 52.6 Å². The van der Waals surface area contributed by atoms with Crippen molar-refractivity contribution in [2.45, 2.75) is 39.2 Å². The molecule has 5 heteroatoms. The summed E-state index contributed by atoms with van der Waals surface area (Å²) in [5.41, 5.74) is 0.637.